The third-order valence-electron chi connectivity index (χ3n) is 13.7. The molecular formula is C54H77N4S. The van der Waals surface area contributed by atoms with E-state index in [1.807, 2.05) is 0 Å². The Morgan fingerprint density at radius 2 is 1.88 bits per heavy atom. The normalized spacial score (nSPS) is 28.4. The topological polar surface area (TPSA) is 62.1 Å². The highest BCUT2D eigenvalue weighted by Gasteiger charge is 2.34. The molecule has 1 aromatic carbocycles. The van der Waals surface area contributed by atoms with Crippen LogP contribution in [0.3, 0.4) is 0 Å². The number of nitrogens with one attached hydrogen (secondary N) is 3. The van der Waals surface area contributed by atoms with E-state index in [1.165, 1.54) is 111 Å². The Kier molecular flexibility index (Phi) is 18.6. The van der Waals surface area contributed by atoms with Crippen LogP contribution in [0.15, 0.2) is 138 Å². The summed E-state index contributed by atoms with van der Waals surface area (Å²) in [5.74, 6) is 12.1. The largest absolute Gasteiger partial charge is 0.385 e. The second-order valence-electron chi connectivity index (χ2n) is 18.3. The fraction of sp³-hybridized carbons (Fsp3) is 0.537. The number of fused-ring (bicyclic) bond motifs is 1. The van der Waals surface area contributed by atoms with Gasteiger partial charge in [-0.3, -0.25) is 11.3 Å². The van der Waals surface area contributed by atoms with E-state index in [0.29, 0.717) is 11.8 Å². The van der Waals surface area contributed by atoms with Crippen molar-refractivity contribution in [1.82, 2.24) is 16.1 Å². The van der Waals surface area contributed by atoms with E-state index in [0.717, 1.165) is 55.2 Å². The first-order chi connectivity index (χ1) is 28.9. The first kappa shape index (κ1) is 45.3. The van der Waals surface area contributed by atoms with Crippen molar-refractivity contribution in [1.29, 1.82) is 0 Å². The molecule has 0 saturated heterocycles. The van der Waals surface area contributed by atoms with Gasteiger partial charge < -0.3 is 10.6 Å². The molecule has 1 aromatic rings. The first-order valence-corrected chi connectivity index (χ1v) is 24.6. The maximum absolute atomic E-state index is 6.03. The summed E-state index contributed by atoms with van der Waals surface area (Å²) < 4.78 is 0. The van der Waals surface area contributed by atoms with E-state index in [-0.39, 0.29) is 11.6 Å². The van der Waals surface area contributed by atoms with Gasteiger partial charge in [-0.1, -0.05) is 148 Å². The van der Waals surface area contributed by atoms with Crippen LogP contribution in [-0.4, -0.2) is 29.1 Å². The van der Waals surface area contributed by atoms with Gasteiger partial charge in [0, 0.05) is 29.1 Å². The Morgan fingerprint density at radius 1 is 1.00 bits per heavy atom. The predicted molar refractivity (Wildman–Crippen MR) is 257 cm³/mol. The number of unbranched alkanes of at least 4 members (excludes halogenated alkanes) is 1. The highest BCUT2D eigenvalue weighted by molar-refractivity contribution is 7.99. The van der Waals surface area contributed by atoms with Crippen molar-refractivity contribution in [2.24, 2.45) is 35.4 Å². The molecule has 0 spiro atoms. The SMILES string of the molecule is CC/C=C(\C=C/CNC1=C[C@@H](CCCCC(C)(N/C=C\C[C@@H]2CC[C@@H]3SCC/C=C\[C@@H](C)C3C2)[C@@H]2C=CCCC2)C=C[C]1C1=CCC=C1)CC(Cc1ccccc1)NN. The molecule has 6 rings (SSSR count). The van der Waals surface area contributed by atoms with Crippen LogP contribution in [0.1, 0.15) is 123 Å². The highest BCUT2D eigenvalue weighted by Crippen LogP contribution is 2.43. The van der Waals surface area contributed by atoms with Crippen LogP contribution < -0.4 is 21.9 Å². The number of allylic oxidation sites excluding steroid dienone is 12. The zero-order valence-electron chi connectivity index (χ0n) is 36.8. The van der Waals surface area contributed by atoms with Crippen LogP contribution in [-0.2, 0) is 6.42 Å². The van der Waals surface area contributed by atoms with Crippen molar-refractivity contribution in [3.05, 3.63) is 150 Å². The second kappa shape index (κ2) is 24.3. The summed E-state index contributed by atoms with van der Waals surface area (Å²) >= 11 is 2.25. The molecule has 3 unspecified atom stereocenters. The molecule has 8 atom stereocenters. The molecule has 319 valence electrons. The van der Waals surface area contributed by atoms with E-state index < -0.39 is 0 Å². The summed E-state index contributed by atoms with van der Waals surface area (Å²) in [6.45, 7) is 7.96. The molecule has 1 heterocycles. The zero-order valence-corrected chi connectivity index (χ0v) is 37.6. The van der Waals surface area contributed by atoms with Gasteiger partial charge in [0.2, 0.25) is 0 Å². The van der Waals surface area contributed by atoms with E-state index in [1.54, 1.807) is 0 Å². The zero-order chi connectivity index (χ0) is 41.1. The molecule has 59 heavy (non-hydrogen) atoms. The average molecular weight is 814 g/mol. The maximum atomic E-state index is 6.03. The van der Waals surface area contributed by atoms with Gasteiger partial charge in [-0.2, -0.15) is 11.8 Å². The van der Waals surface area contributed by atoms with Crippen molar-refractivity contribution in [2.75, 3.05) is 12.3 Å². The molecule has 1 saturated carbocycles. The molecule has 4 nitrogen and oxygen atoms in total. The summed E-state index contributed by atoms with van der Waals surface area (Å²) in [7, 11) is 0. The van der Waals surface area contributed by atoms with Gasteiger partial charge in [-0.15, -0.1) is 0 Å². The Bertz CT molecular complexity index is 1690. The summed E-state index contributed by atoms with van der Waals surface area (Å²) in [4.78, 5) is 0. The van der Waals surface area contributed by atoms with Gasteiger partial charge in [0.15, 0.2) is 0 Å². The van der Waals surface area contributed by atoms with Crippen molar-refractivity contribution in [3.63, 3.8) is 0 Å². The predicted octanol–water partition coefficient (Wildman–Crippen LogP) is 12.7. The minimum Gasteiger partial charge on any atom is -0.385 e. The lowest BCUT2D eigenvalue weighted by Gasteiger charge is -2.39. The van der Waals surface area contributed by atoms with Crippen LogP contribution >= 0.6 is 11.8 Å². The minimum absolute atomic E-state index is 0.0902. The van der Waals surface area contributed by atoms with Crippen LogP contribution in [0.4, 0.5) is 0 Å². The fourth-order valence-electron chi connectivity index (χ4n) is 10.2. The molecule has 0 bridgehead atoms. The van der Waals surface area contributed by atoms with E-state index in [2.05, 4.69) is 170 Å². The molecule has 4 aliphatic carbocycles. The Labute approximate surface area is 364 Å². The van der Waals surface area contributed by atoms with E-state index in [4.69, 9.17) is 5.84 Å². The smallest absolute Gasteiger partial charge is 0.0709 e. The second-order valence-corrected chi connectivity index (χ2v) is 19.6. The van der Waals surface area contributed by atoms with Gasteiger partial charge in [-0.05, 0) is 149 Å². The van der Waals surface area contributed by atoms with Crippen LogP contribution in [0.25, 0.3) is 0 Å². The van der Waals surface area contributed by atoms with Gasteiger partial charge in [0.1, 0.15) is 0 Å². The Morgan fingerprint density at radius 3 is 2.68 bits per heavy atom. The van der Waals surface area contributed by atoms with Gasteiger partial charge in [0.25, 0.3) is 0 Å². The van der Waals surface area contributed by atoms with Gasteiger partial charge in [0.05, 0.1) is 5.92 Å². The first-order valence-electron chi connectivity index (χ1n) is 23.6. The molecule has 0 aromatic heterocycles. The van der Waals surface area contributed by atoms with Crippen LogP contribution in [0.5, 0.6) is 0 Å². The summed E-state index contributed by atoms with van der Waals surface area (Å²) in [6, 6.07) is 10.8. The Balaban J connectivity index is 1.01. The van der Waals surface area contributed by atoms with Crippen molar-refractivity contribution >= 4 is 11.8 Å². The monoisotopic (exact) mass is 814 g/mol. The lowest BCUT2D eigenvalue weighted by molar-refractivity contribution is 0.236. The lowest BCUT2D eigenvalue weighted by Crippen LogP contribution is -2.46. The van der Waals surface area contributed by atoms with Crippen LogP contribution in [0.2, 0.25) is 0 Å². The average Bonchev–Trinajstić information content (AvgIpc) is 3.80. The molecule has 1 radical (unpaired) electrons. The van der Waals surface area contributed by atoms with Gasteiger partial charge >= 0.3 is 0 Å². The number of thioether (sulfide) groups is 1. The Hall–Kier alpha value is -3.25. The van der Waals surface area contributed by atoms with Crippen molar-refractivity contribution in [2.45, 2.75) is 140 Å². The third-order valence-corrected chi connectivity index (χ3v) is 15.2. The molecular weight excluding hydrogens is 737 g/mol. The number of hydrogen-bond donors (Lipinski definition) is 4. The standard InChI is InChI=1S/C54H77N4S/c1-4-19-43(38-49(58-55)39-44-21-7-5-8-22-44)24-17-35-56-52-41-46(30-32-50(52)47-26-11-12-27-47)23-13-15-34-54(3,48-28-9-6-10-29-48)57-36-18-25-45-31-33-53-51(40-45)42(2)20-14-16-37-59-53/h5,7-9,11,14,17-22,24,26-28,30,32,36,41-42,45-46,48-49,51,53,56-58H,4,6,10,12-13,15-16,23,25,29,31,33-35,37-40,55H2,1-3H3/b20-14-,24-17-,36-18-,43-19+/t42-,45-,46+,48-,49?,51?,53+,54?/m1/s1. The summed E-state index contributed by atoms with van der Waals surface area (Å²) in [6.07, 6.45) is 55.0. The molecule has 5 N–H and O–H groups in total. The quantitative estimate of drug-likeness (QED) is 0.0327. The summed E-state index contributed by atoms with van der Waals surface area (Å²) in [5, 5.41) is 8.72. The maximum Gasteiger partial charge on any atom is 0.0709 e. The molecule has 1 fully saturated rings. The lowest BCUT2D eigenvalue weighted by atomic mass is 9.74. The number of nitrogens with two attached hydrogens (primary N) is 1. The number of benzene rings is 1. The van der Waals surface area contributed by atoms with E-state index in [9.17, 15) is 0 Å². The summed E-state index contributed by atoms with van der Waals surface area (Å²) in [5.41, 5.74) is 8.39. The molecule has 5 aliphatic rings. The van der Waals surface area contributed by atoms with E-state index >= 15 is 0 Å². The minimum atomic E-state index is 0.0902. The number of hydrogen-bond acceptors (Lipinski definition) is 5. The van der Waals surface area contributed by atoms with Gasteiger partial charge in [-0.25, -0.2) is 0 Å². The van der Waals surface area contributed by atoms with Crippen molar-refractivity contribution in [3.8, 4) is 0 Å². The molecule has 5 heteroatoms. The third kappa shape index (κ3) is 14.2. The fourth-order valence-corrected chi connectivity index (χ4v) is 11.7. The highest BCUT2D eigenvalue weighted by atomic mass is 32.2. The number of hydrazine groups is 1. The number of rotatable bonds is 21. The van der Waals surface area contributed by atoms with Crippen LogP contribution in [0, 0.1) is 35.5 Å². The molecule has 0 amide bonds. The molecule has 1 aliphatic heterocycles. The van der Waals surface area contributed by atoms with Crippen molar-refractivity contribution < 1.29 is 0 Å².